The third-order valence-corrected chi connectivity index (χ3v) is 2.27. The average Bonchev–Trinajstić information content (AvgIpc) is 2.76. The van der Waals surface area contributed by atoms with Crippen LogP contribution in [0.3, 0.4) is 0 Å². The van der Waals surface area contributed by atoms with Gasteiger partial charge in [0.15, 0.2) is 5.11 Å². The normalized spacial score (nSPS) is 10.0. The highest BCUT2D eigenvalue weighted by atomic mass is 32.1. The molecule has 0 amide bonds. The van der Waals surface area contributed by atoms with E-state index in [1.54, 1.807) is 19.1 Å². The van der Waals surface area contributed by atoms with Gasteiger partial charge in [-0.05, 0) is 36.8 Å². The highest BCUT2D eigenvalue weighted by Gasteiger charge is 2.01. The lowest BCUT2D eigenvalue weighted by Gasteiger charge is -2.10. The second-order valence-electron chi connectivity index (χ2n) is 3.40. The first kappa shape index (κ1) is 11.5. The zero-order chi connectivity index (χ0) is 12.3. The highest BCUT2D eigenvalue weighted by molar-refractivity contribution is 7.80. The number of hydrogen-bond acceptors (Lipinski definition) is 3. The van der Waals surface area contributed by atoms with E-state index in [2.05, 4.69) is 20.9 Å². The monoisotopic (exact) mass is 251 g/mol. The van der Waals surface area contributed by atoms with Crippen molar-refractivity contribution < 1.29 is 4.39 Å². The second-order valence-corrected chi connectivity index (χ2v) is 3.81. The maximum absolute atomic E-state index is 13.3. The Kier molecular flexibility index (Phi) is 3.29. The number of anilines is 1. The van der Waals surface area contributed by atoms with Crippen LogP contribution >= 0.6 is 12.2 Å². The number of aryl methyl sites for hydroxylation is 1. The number of rotatable bonds is 2. The molecule has 88 valence electrons. The summed E-state index contributed by atoms with van der Waals surface area (Å²) in [4.78, 5) is 0. The Morgan fingerprint density at radius 3 is 2.71 bits per heavy atom. The molecule has 1 aromatic heterocycles. The van der Waals surface area contributed by atoms with Crippen LogP contribution in [0.4, 0.5) is 10.1 Å². The van der Waals surface area contributed by atoms with Crippen LogP contribution in [-0.2, 0) is 0 Å². The van der Waals surface area contributed by atoms with Crippen molar-refractivity contribution in [3.05, 3.63) is 42.2 Å². The Morgan fingerprint density at radius 1 is 1.35 bits per heavy atom. The molecule has 0 fully saturated rings. The SMILES string of the molecule is Cc1ccc(NC(=S)Nn2cnnc2)cc1F. The van der Waals surface area contributed by atoms with E-state index in [0.29, 0.717) is 16.4 Å². The van der Waals surface area contributed by atoms with Gasteiger partial charge >= 0.3 is 0 Å². The first-order valence-corrected chi connectivity index (χ1v) is 5.25. The maximum Gasteiger partial charge on any atom is 0.190 e. The van der Waals surface area contributed by atoms with Crippen LogP contribution in [0.2, 0.25) is 0 Å². The third kappa shape index (κ3) is 2.97. The summed E-state index contributed by atoms with van der Waals surface area (Å²) in [5.74, 6) is -0.276. The molecule has 0 spiro atoms. The fraction of sp³-hybridized carbons (Fsp3) is 0.100. The van der Waals surface area contributed by atoms with Gasteiger partial charge in [-0.25, -0.2) is 9.07 Å². The van der Waals surface area contributed by atoms with Gasteiger partial charge in [-0.3, -0.25) is 5.43 Å². The predicted molar refractivity (Wildman–Crippen MR) is 66.7 cm³/mol. The summed E-state index contributed by atoms with van der Waals surface area (Å²) in [5, 5.41) is 10.4. The summed E-state index contributed by atoms with van der Waals surface area (Å²) < 4.78 is 14.8. The lowest BCUT2D eigenvalue weighted by atomic mass is 10.2. The van der Waals surface area contributed by atoms with Crippen molar-refractivity contribution in [3.63, 3.8) is 0 Å². The maximum atomic E-state index is 13.3. The summed E-state index contributed by atoms with van der Waals surface area (Å²) in [6, 6.07) is 4.81. The fourth-order valence-corrected chi connectivity index (χ4v) is 1.43. The summed E-state index contributed by atoms with van der Waals surface area (Å²) in [5.41, 5.74) is 3.97. The lowest BCUT2D eigenvalue weighted by Crippen LogP contribution is -2.26. The molecular formula is C10H10FN5S. The average molecular weight is 251 g/mol. The van der Waals surface area contributed by atoms with E-state index in [-0.39, 0.29) is 5.82 Å². The number of benzene rings is 1. The van der Waals surface area contributed by atoms with Crippen LogP contribution in [0.1, 0.15) is 5.56 Å². The van der Waals surface area contributed by atoms with E-state index in [1.807, 2.05) is 0 Å². The molecule has 0 aliphatic rings. The van der Waals surface area contributed by atoms with E-state index >= 15 is 0 Å². The van der Waals surface area contributed by atoms with Crippen molar-refractivity contribution in [2.75, 3.05) is 10.7 Å². The highest BCUT2D eigenvalue weighted by Crippen LogP contribution is 2.13. The van der Waals surface area contributed by atoms with Gasteiger partial charge in [0.25, 0.3) is 0 Å². The summed E-state index contributed by atoms with van der Waals surface area (Å²) in [6.07, 6.45) is 2.92. The molecule has 2 aromatic rings. The summed E-state index contributed by atoms with van der Waals surface area (Å²) in [6.45, 7) is 1.70. The molecule has 0 aliphatic carbocycles. The molecule has 0 unspecified atom stereocenters. The van der Waals surface area contributed by atoms with Gasteiger partial charge in [0.2, 0.25) is 0 Å². The molecule has 7 heteroatoms. The first-order valence-electron chi connectivity index (χ1n) is 4.84. The summed E-state index contributed by atoms with van der Waals surface area (Å²) in [7, 11) is 0. The number of hydrogen-bond donors (Lipinski definition) is 2. The first-order chi connectivity index (χ1) is 8.15. The van der Waals surface area contributed by atoms with Crippen LogP contribution in [-0.4, -0.2) is 20.0 Å². The van der Waals surface area contributed by atoms with Gasteiger partial charge in [0, 0.05) is 5.69 Å². The van der Waals surface area contributed by atoms with Crippen LogP contribution in [0.5, 0.6) is 0 Å². The summed E-state index contributed by atoms with van der Waals surface area (Å²) >= 11 is 5.04. The largest absolute Gasteiger partial charge is 0.331 e. The zero-order valence-corrected chi connectivity index (χ0v) is 9.83. The van der Waals surface area contributed by atoms with Crippen molar-refractivity contribution in [1.29, 1.82) is 0 Å². The van der Waals surface area contributed by atoms with Gasteiger partial charge in [-0.2, -0.15) is 0 Å². The quantitative estimate of drug-likeness (QED) is 0.795. The van der Waals surface area contributed by atoms with Crippen LogP contribution in [0.25, 0.3) is 0 Å². The minimum absolute atomic E-state index is 0.276. The number of halogens is 1. The second kappa shape index (κ2) is 4.88. The van der Waals surface area contributed by atoms with Gasteiger partial charge in [-0.1, -0.05) is 6.07 Å². The van der Waals surface area contributed by atoms with Crippen molar-refractivity contribution in [2.45, 2.75) is 6.92 Å². The fourth-order valence-electron chi connectivity index (χ4n) is 1.21. The topological polar surface area (TPSA) is 54.8 Å². The Hall–Kier alpha value is -2.02. The van der Waals surface area contributed by atoms with E-state index in [1.165, 1.54) is 23.4 Å². The minimum Gasteiger partial charge on any atom is -0.331 e. The number of nitrogens with one attached hydrogen (secondary N) is 2. The van der Waals surface area contributed by atoms with Gasteiger partial charge in [0.1, 0.15) is 18.5 Å². The Bertz CT molecular complexity index is 525. The Morgan fingerprint density at radius 2 is 2.06 bits per heavy atom. The predicted octanol–water partition coefficient (Wildman–Crippen LogP) is 1.67. The molecule has 0 saturated carbocycles. The van der Waals surface area contributed by atoms with E-state index in [9.17, 15) is 4.39 Å². The zero-order valence-electron chi connectivity index (χ0n) is 9.01. The molecule has 0 saturated heterocycles. The lowest BCUT2D eigenvalue weighted by molar-refractivity contribution is 0.619. The van der Waals surface area contributed by atoms with Crippen molar-refractivity contribution in [2.24, 2.45) is 0 Å². The van der Waals surface area contributed by atoms with E-state index in [4.69, 9.17) is 12.2 Å². The molecule has 17 heavy (non-hydrogen) atoms. The molecule has 2 rings (SSSR count). The molecule has 5 nitrogen and oxygen atoms in total. The van der Waals surface area contributed by atoms with Crippen LogP contribution < -0.4 is 10.7 Å². The molecule has 0 radical (unpaired) electrons. The molecule has 1 aromatic carbocycles. The molecule has 2 N–H and O–H groups in total. The Labute approximate surface area is 103 Å². The van der Waals surface area contributed by atoms with E-state index < -0.39 is 0 Å². The van der Waals surface area contributed by atoms with Crippen molar-refractivity contribution in [1.82, 2.24) is 14.9 Å². The standard InChI is InChI=1S/C10H10FN5S/c1-7-2-3-8(4-9(7)11)14-10(17)15-16-5-12-13-6-16/h2-6H,1H3,(H2,14,15,17). The number of thiocarbonyl (C=S) groups is 1. The molecule has 0 atom stereocenters. The van der Waals surface area contributed by atoms with Crippen LogP contribution in [0.15, 0.2) is 30.9 Å². The van der Waals surface area contributed by atoms with Gasteiger partial charge in [0.05, 0.1) is 0 Å². The Balaban J connectivity index is 2.00. The van der Waals surface area contributed by atoms with Gasteiger partial charge in [-0.15, -0.1) is 10.2 Å². The minimum atomic E-state index is -0.276. The smallest absolute Gasteiger partial charge is 0.190 e. The van der Waals surface area contributed by atoms with Gasteiger partial charge < -0.3 is 5.32 Å². The third-order valence-electron chi connectivity index (χ3n) is 2.08. The molecule has 1 heterocycles. The van der Waals surface area contributed by atoms with Crippen molar-refractivity contribution in [3.8, 4) is 0 Å². The number of aromatic nitrogens is 3. The van der Waals surface area contributed by atoms with Crippen LogP contribution in [0, 0.1) is 12.7 Å². The number of nitrogens with zero attached hydrogens (tertiary/aromatic N) is 3. The molecule has 0 aliphatic heterocycles. The van der Waals surface area contributed by atoms with E-state index in [0.717, 1.165) is 0 Å². The van der Waals surface area contributed by atoms with Crippen molar-refractivity contribution >= 4 is 23.0 Å². The molecular weight excluding hydrogens is 241 g/mol. The molecule has 0 bridgehead atoms.